The molecule has 0 aromatic carbocycles. The molecule has 0 aromatic rings. The van der Waals surface area contributed by atoms with E-state index in [1.165, 1.54) is 0 Å². The zero-order valence-corrected chi connectivity index (χ0v) is 4.94. The zero-order valence-electron chi connectivity index (χ0n) is 4.05. The second-order valence-corrected chi connectivity index (χ2v) is 1.48. The molecule has 0 rings (SSSR count). The summed E-state index contributed by atoms with van der Waals surface area (Å²) in [5, 5.41) is 13.3. The van der Waals surface area contributed by atoms with Gasteiger partial charge >= 0.3 is 0 Å². The summed E-state index contributed by atoms with van der Waals surface area (Å²) in [5.41, 5.74) is 9.70. The van der Waals surface area contributed by atoms with Gasteiger partial charge in [-0.1, -0.05) is 12.8 Å². The Morgan fingerprint density at radius 1 is 1.25 bits per heavy atom. The lowest BCUT2D eigenvalue weighted by molar-refractivity contribution is 0.946. The number of nitrogens with one attached hydrogen (secondary N) is 2. The highest BCUT2D eigenvalue weighted by molar-refractivity contribution is 7.79. The molecular formula is C2H7N5S. The van der Waals surface area contributed by atoms with Crippen LogP contribution < -0.4 is 11.5 Å². The van der Waals surface area contributed by atoms with Gasteiger partial charge in [0.05, 0.1) is 0 Å². The molecule has 0 saturated carbocycles. The van der Waals surface area contributed by atoms with Gasteiger partial charge in [0, 0.05) is 0 Å². The van der Waals surface area contributed by atoms with E-state index in [0.717, 1.165) is 4.31 Å². The lowest BCUT2D eigenvalue weighted by Gasteiger charge is -2.10. The SMILES string of the molecule is N=C(N)N(S)C(=N)N. The van der Waals surface area contributed by atoms with Crippen LogP contribution in [0.2, 0.25) is 0 Å². The molecule has 0 aromatic heterocycles. The number of guanidine groups is 2. The minimum Gasteiger partial charge on any atom is -0.369 e. The molecule has 8 heavy (non-hydrogen) atoms. The predicted molar refractivity (Wildman–Crippen MR) is 34.7 cm³/mol. The van der Waals surface area contributed by atoms with Gasteiger partial charge in [-0.05, 0) is 0 Å². The maximum atomic E-state index is 6.64. The van der Waals surface area contributed by atoms with E-state index in [2.05, 4.69) is 12.8 Å². The summed E-state index contributed by atoms with van der Waals surface area (Å²) in [4.78, 5) is 0. The Hall–Kier alpha value is -0.910. The quantitative estimate of drug-likeness (QED) is 0.165. The standard InChI is InChI=1S/C2H7N5S/c3-1(4)7(8)2(5)6/h8H,(H3,3,4)(H3,5,6). The highest BCUT2D eigenvalue weighted by Gasteiger charge is 2.00. The minimum absolute atomic E-state index is 0.360. The third kappa shape index (κ3) is 1.69. The van der Waals surface area contributed by atoms with Crippen molar-refractivity contribution >= 4 is 24.7 Å². The highest BCUT2D eigenvalue weighted by Crippen LogP contribution is 1.85. The first kappa shape index (κ1) is 7.09. The number of rotatable bonds is 0. The van der Waals surface area contributed by atoms with Crippen LogP contribution in [0.1, 0.15) is 0 Å². The van der Waals surface area contributed by atoms with E-state index in [0.29, 0.717) is 0 Å². The molecule has 0 spiro atoms. The summed E-state index contributed by atoms with van der Waals surface area (Å²) in [5.74, 6) is -0.721. The fourth-order valence-electron chi connectivity index (χ4n) is 0.130. The summed E-state index contributed by atoms with van der Waals surface area (Å²) in [6.07, 6.45) is 0. The summed E-state index contributed by atoms with van der Waals surface area (Å²) >= 11 is 3.55. The lowest BCUT2D eigenvalue weighted by atomic mass is 10.9. The summed E-state index contributed by atoms with van der Waals surface area (Å²) in [7, 11) is 0. The molecule has 0 aliphatic carbocycles. The Bertz CT molecular complexity index is 106. The number of thiol groups is 1. The number of nitrogens with zero attached hydrogens (tertiary/aromatic N) is 1. The predicted octanol–water partition coefficient (Wildman–Crippen LogP) is -1.08. The molecule has 5 nitrogen and oxygen atoms in total. The van der Waals surface area contributed by atoms with Gasteiger partial charge in [-0.3, -0.25) is 10.8 Å². The van der Waals surface area contributed by atoms with Gasteiger partial charge in [0.1, 0.15) is 0 Å². The summed E-state index contributed by atoms with van der Waals surface area (Å²) in [6.45, 7) is 0. The zero-order chi connectivity index (χ0) is 6.73. The largest absolute Gasteiger partial charge is 0.369 e. The van der Waals surface area contributed by atoms with E-state index in [1.54, 1.807) is 0 Å². The average molecular weight is 133 g/mol. The van der Waals surface area contributed by atoms with Crippen LogP contribution in [0.25, 0.3) is 0 Å². The molecule has 0 aliphatic heterocycles. The Labute approximate surface area is 52.2 Å². The van der Waals surface area contributed by atoms with E-state index in [1.807, 2.05) is 0 Å². The molecule has 0 fully saturated rings. The van der Waals surface area contributed by atoms with Crippen molar-refractivity contribution in [1.82, 2.24) is 4.31 Å². The van der Waals surface area contributed by atoms with E-state index in [9.17, 15) is 0 Å². The van der Waals surface area contributed by atoms with E-state index in [-0.39, 0.29) is 11.9 Å². The first-order valence-corrected chi connectivity index (χ1v) is 2.12. The second kappa shape index (κ2) is 2.41. The molecule has 0 heterocycles. The van der Waals surface area contributed by atoms with E-state index < -0.39 is 0 Å². The number of nitrogens with two attached hydrogens (primary N) is 2. The van der Waals surface area contributed by atoms with Crippen LogP contribution in [-0.4, -0.2) is 16.2 Å². The monoisotopic (exact) mass is 133 g/mol. The van der Waals surface area contributed by atoms with Crippen LogP contribution in [-0.2, 0) is 0 Å². The third-order valence-electron chi connectivity index (χ3n) is 0.456. The minimum atomic E-state index is -0.360. The topological polar surface area (TPSA) is 103 Å². The van der Waals surface area contributed by atoms with Gasteiger partial charge < -0.3 is 11.5 Å². The maximum absolute atomic E-state index is 6.64. The van der Waals surface area contributed by atoms with Crippen LogP contribution in [0.5, 0.6) is 0 Å². The number of hydrogen-bond acceptors (Lipinski definition) is 3. The van der Waals surface area contributed by atoms with Crippen molar-refractivity contribution in [1.29, 1.82) is 10.8 Å². The van der Waals surface area contributed by atoms with Crippen molar-refractivity contribution < 1.29 is 0 Å². The fourth-order valence-corrected chi connectivity index (χ4v) is 0.130. The second-order valence-electron chi connectivity index (χ2n) is 1.08. The van der Waals surface area contributed by atoms with Gasteiger partial charge in [0.2, 0.25) is 11.9 Å². The molecule has 0 saturated heterocycles. The summed E-state index contributed by atoms with van der Waals surface area (Å²) in [6, 6.07) is 0. The van der Waals surface area contributed by atoms with Gasteiger partial charge in [-0.2, -0.15) is 0 Å². The van der Waals surface area contributed by atoms with E-state index in [4.69, 9.17) is 22.3 Å². The molecule has 6 heteroatoms. The molecule has 0 bridgehead atoms. The van der Waals surface area contributed by atoms with Crippen molar-refractivity contribution in [2.75, 3.05) is 0 Å². The summed E-state index contributed by atoms with van der Waals surface area (Å²) < 4.78 is 0.750. The van der Waals surface area contributed by atoms with Crippen LogP contribution in [0.3, 0.4) is 0 Å². The molecule has 0 unspecified atom stereocenters. The molecule has 6 N–H and O–H groups in total. The molecule has 0 radical (unpaired) electrons. The third-order valence-corrected chi connectivity index (χ3v) is 0.887. The molecule has 0 atom stereocenters. The van der Waals surface area contributed by atoms with Crippen molar-refractivity contribution in [2.24, 2.45) is 11.5 Å². The lowest BCUT2D eigenvalue weighted by Crippen LogP contribution is -2.38. The first-order chi connectivity index (χ1) is 3.55. The Kier molecular flexibility index (Phi) is 2.14. The molecular weight excluding hydrogens is 126 g/mol. The van der Waals surface area contributed by atoms with Crippen LogP contribution >= 0.6 is 12.8 Å². The van der Waals surface area contributed by atoms with Crippen molar-refractivity contribution in [3.05, 3.63) is 0 Å². The van der Waals surface area contributed by atoms with Gasteiger partial charge in [0.25, 0.3) is 0 Å². The average Bonchev–Trinajstić information content (AvgIpc) is 1.64. The fraction of sp³-hybridized carbons (Fsp3) is 0. The van der Waals surface area contributed by atoms with E-state index >= 15 is 0 Å². The Morgan fingerprint density at radius 2 is 1.50 bits per heavy atom. The molecule has 0 aliphatic rings. The molecule has 0 amide bonds. The molecule has 46 valence electrons. The van der Waals surface area contributed by atoms with Crippen LogP contribution in [0.4, 0.5) is 0 Å². The smallest absolute Gasteiger partial charge is 0.205 e. The van der Waals surface area contributed by atoms with Crippen molar-refractivity contribution in [3.8, 4) is 0 Å². The van der Waals surface area contributed by atoms with Gasteiger partial charge in [-0.15, -0.1) is 0 Å². The van der Waals surface area contributed by atoms with Gasteiger partial charge in [0.15, 0.2) is 0 Å². The van der Waals surface area contributed by atoms with Crippen molar-refractivity contribution in [3.63, 3.8) is 0 Å². The van der Waals surface area contributed by atoms with Gasteiger partial charge in [-0.25, -0.2) is 4.31 Å². The van der Waals surface area contributed by atoms with Crippen LogP contribution in [0.15, 0.2) is 0 Å². The number of hydrogen-bond donors (Lipinski definition) is 5. The highest BCUT2D eigenvalue weighted by atomic mass is 32.1. The van der Waals surface area contributed by atoms with Crippen molar-refractivity contribution in [2.45, 2.75) is 0 Å². The Balaban J connectivity index is 3.83. The maximum Gasteiger partial charge on any atom is 0.205 e. The first-order valence-electron chi connectivity index (χ1n) is 1.72. The van der Waals surface area contributed by atoms with Crippen LogP contribution in [0, 0.1) is 10.8 Å². The normalized spacial score (nSPS) is 8.12. The Morgan fingerprint density at radius 3 is 1.50 bits per heavy atom.